The van der Waals surface area contributed by atoms with Crippen LogP contribution in [0.1, 0.15) is 39.5 Å². The van der Waals surface area contributed by atoms with Crippen LogP contribution in [0.5, 0.6) is 0 Å². The minimum Gasteiger partial charge on any atom is -0.326 e. The van der Waals surface area contributed by atoms with E-state index < -0.39 is 0 Å². The fraction of sp³-hybridized carbons (Fsp3) is 1.00. The summed E-state index contributed by atoms with van der Waals surface area (Å²) in [4.78, 5) is 5.49. The standard InChI is InChI=1S/C15H29N3/c1-3-7-18-10-12-11-5-8-17(9-6-11)14(12)15(18)13(16)4-2/h11-15H,3-10,16H2,1-2H3. The lowest BCUT2D eigenvalue weighted by Crippen LogP contribution is -2.61. The molecule has 4 aliphatic rings. The Morgan fingerprint density at radius 3 is 2.56 bits per heavy atom. The Morgan fingerprint density at radius 2 is 1.94 bits per heavy atom. The number of fused-ring (bicyclic) bond motifs is 2. The largest absolute Gasteiger partial charge is 0.326 e. The maximum atomic E-state index is 6.47. The van der Waals surface area contributed by atoms with E-state index in [4.69, 9.17) is 5.73 Å². The molecule has 0 aromatic rings. The second-order valence-electron chi connectivity index (χ2n) is 6.59. The monoisotopic (exact) mass is 251 g/mol. The summed E-state index contributed by atoms with van der Waals surface area (Å²) < 4.78 is 0. The third-order valence-electron chi connectivity index (χ3n) is 5.68. The minimum absolute atomic E-state index is 0.367. The SMILES string of the molecule is CCCN1CC2C3CCN(CC3)C2C1C(N)CC. The van der Waals surface area contributed by atoms with Gasteiger partial charge in [0.2, 0.25) is 0 Å². The van der Waals surface area contributed by atoms with Gasteiger partial charge in [0.05, 0.1) is 0 Å². The molecule has 0 saturated carbocycles. The van der Waals surface area contributed by atoms with Crippen molar-refractivity contribution >= 4 is 0 Å². The van der Waals surface area contributed by atoms with Crippen LogP contribution in [0.3, 0.4) is 0 Å². The summed E-state index contributed by atoms with van der Waals surface area (Å²) in [6.45, 7) is 9.77. The van der Waals surface area contributed by atoms with Crippen molar-refractivity contribution in [3.8, 4) is 0 Å². The van der Waals surface area contributed by atoms with Gasteiger partial charge in [-0.25, -0.2) is 0 Å². The van der Waals surface area contributed by atoms with Crippen LogP contribution in [0.2, 0.25) is 0 Å². The summed E-state index contributed by atoms with van der Waals surface area (Å²) in [6.07, 6.45) is 5.26. The lowest BCUT2D eigenvalue weighted by molar-refractivity contribution is -0.000536. The highest BCUT2D eigenvalue weighted by Gasteiger charge is 2.53. The Labute approximate surface area is 112 Å². The molecule has 0 spiro atoms. The molecule has 2 bridgehead atoms. The molecule has 0 aromatic carbocycles. The first-order valence-electron chi connectivity index (χ1n) is 8.00. The van der Waals surface area contributed by atoms with Crippen molar-refractivity contribution in [2.75, 3.05) is 26.2 Å². The van der Waals surface area contributed by atoms with E-state index in [9.17, 15) is 0 Å². The lowest BCUT2D eigenvalue weighted by atomic mass is 9.73. The second-order valence-corrected chi connectivity index (χ2v) is 6.59. The molecule has 104 valence electrons. The zero-order chi connectivity index (χ0) is 12.7. The highest BCUT2D eigenvalue weighted by atomic mass is 15.3. The molecule has 0 amide bonds. The van der Waals surface area contributed by atoms with Crippen molar-refractivity contribution in [3.63, 3.8) is 0 Å². The number of piperidine rings is 3. The molecule has 0 radical (unpaired) electrons. The first-order valence-corrected chi connectivity index (χ1v) is 8.00. The number of likely N-dealkylation sites (tertiary alicyclic amines) is 1. The average Bonchev–Trinajstić information content (AvgIpc) is 2.80. The predicted octanol–water partition coefficient (Wildman–Crippen LogP) is 1.53. The molecule has 0 aromatic heterocycles. The molecule has 4 atom stereocenters. The van der Waals surface area contributed by atoms with Crippen molar-refractivity contribution in [1.29, 1.82) is 0 Å². The summed E-state index contributed by atoms with van der Waals surface area (Å²) in [6, 6.07) is 1.77. The summed E-state index contributed by atoms with van der Waals surface area (Å²) >= 11 is 0. The van der Waals surface area contributed by atoms with Gasteiger partial charge in [-0.2, -0.15) is 0 Å². The molecule has 4 unspecified atom stereocenters. The highest BCUT2D eigenvalue weighted by molar-refractivity contribution is 5.09. The summed E-state index contributed by atoms with van der Waals surface area (Å²) in [7, 11) is 0. The van der Waals surface area contributed by atoms with E-state index in [1.54, 1.807) is 0 Å². The molecule has 4 fully saturated rings. The molecule has 2 N–H and O–H groups in total. The highest BCUT2D eigenvalue weighted by Crippen LogP contribution is 2.44. The predicted molar refractivity (Wildman–Crippen MR) is 75.5 cm³/mol. The lowest BCUT2D eigenvalue weighted by Gasteiger charge is -2.50. The van der Waals surface area contributed by atoms with Crippen LogP contribution < -0.4 is 5.73 Å². The van der Waals surface area contributed by atoms with Crippen LogP contribution in [0, 0.1) is 11.8 Å². The van der Waals surface area contributed by atoms with Crippen molar-refractivity contribution < 1.29 is 0 Å². The second kappa shape index (κ2) is 5.10. The fourth-order valence-electron chi connectivity index (χ4n) is 4.82. The maximum absolute atomic E-state index is 6.47. The Balaban J connectivity index is 1.83. The topological polar surface area (TPSA) is 32.5 Å². The Hall–Kier alpha value is -0.120. The molecule has 0 aliphatic carbocycles. The van der Waals surface area contributed by atoms with Crippen molar-refractivity contribution in [2.45, 2.75) is 57.7 Å². The van der Waals surface area contributed by atoms with E-state index >= 15 is 0 Å². The van der Waals surface area contributed by atoms with Gasteiger partial charge in [0.1, 0.15) is 0 Å². The van der Waals surface area contributed by atoms with E-state index in [0.717, 1.165) is 24.3 Å². The molecule has 4 heterocycles. The zero-order valence-corrected chi connectivity index (χ0v) is 12.0. The van der Waals surface area contributed by atoms with E-state index in [2.05, 4.69) is 23.6 Å². The van der Waals surface area contributed by atoms with Crippen LogP contribution in [-0.4, -0.2) is 54.1 Å². The van der Waals surface area contributed by atoms with Crippen LogP contribution >= 0.6 is 0 Å². The Bertz CT molecular complexity index is 285. The molecule has 4 rings (SSSR count). The quantitative estimate of drug-likeness (QED) is 0.822. The Kier molecular flexibility index (Phi) is 3.65. The zero-order valence-electron chi connectivity index (χ0n) is 12.0. The van der Waals surface area contributed by atoms with Gasteiger partial charge in [-0.1, -0.05) is 13.8 Å². The third kappa shape index (κ3) is 1.91. The summed E-state index contributed by atoms with van der Waals surface area (Å²) in [5.41, 5.74) is 6.47. The van der Waals surface area contributed by atoms with Gasteiger partial charge in [0.15, 0.2) is 0 Å². The smallest absolute Gasteiger partial charge is 0.0406 e. The maximum Gasteiger partial charge on any atom is 0.0406 e. The van der Waals surface area contributed by atoms with Gasteiger partial charge < -0.3 is 5.73 Å². The van der Waals surface area contributed by atoms with Crippen molar-refractivity contribution in [3.05, 3.63) is 0 Å². The minimum atomic E-state index is 0.367. The van der Waals surface area contributed by atoms with Crippen LogP contribution in [0.15, 0.2) is 0 Å². The molecule has 18 heavy (non-hydrogen) atoms. The van der Waals surface area contributed by atoms with E-state index in [0.29, 0.717) is 12.1 Å². The van der Waals surface area contributed by atoms with Gasteiger partial charge in [-0.05, 0) is 57.2 Å². The summed E-state index contributed by atoms with van der Waals surface area (Å²) in [5.74, 6) is 1.91. The van der Waals surface area contributed by atoms with Gasteiger partial charge >= 0.3 is 0 Å². The number of nitrogens with two attached hydrogens (primary N) is 1. The first-order chi connectivity index (χ1) is 8.76. The van der Waals surface area contributed by atoms with E-state index in [1.807, 2.05) is 0 Å². The normalized spacial score (nSPS) is 45.2. The van der Waals surface area contributed by atoms with Crippen molar-refractivity contribution in [2.24, 2.45) is 17.6 Å². The van der Waals surface area contributed by atoms with Crippen LogP contribution in [0.25, 0.3) is 0 Å². The molecule has 4 saturated heterocycles. The molecule has 3 nitrogen and oxygen atoms in total. The van der Waals surface area contributed by atoms with E-state index in [-0.39, 0.29) is 0 Å². The number of rotatable bonds is 4. The Morgan fingerprint density at radius 1 is 1.22 bits per heavy atom. The van der Waals surface area contributed by atoms with Crippen molar-refractivity contribution in [1.82, 2.24) is 9.80 Å². The first kappa shape index (κ1) is 12.9. The van der Waals surface area contributed by atoms with Gasteiger partial charge in [-0.3, -0.25) is 9.80 Å². The molecular weight excluding hydrogens is 222 g/mol. The van der Waals surface area contributed by atoms with Gasteiger partial charge in [0.25, 0.3) is 0 Å². The third-order valence-corrected chi connectivity index (χ3v) is 5.68. The van der Waals surface area contributed by atoms with Crippen LogP contribution in [-0.2, 0) is 0 Å². The number of nitrogens with zero attached hydrogens (tertiary/aromatic N) is 2. The van der Waals surface area contributed by atoms with Gasteiger partial charge in [-0.15, -0.1) is 0 Å². The fourth-order valence-corrected chi connectivity index (χ4v) is 4.82. The average molecular weight is 251 g/mol. The number of hydrogen-bond donors (Lipinski definition) is 1. The number of hydrogen-bond acceptors (Lipinski definition) is 3. The molecular formula is C15H29N3. The van der Waals surface area contributed by atoms with Crippen LogP contribution in [0.4, 0.5) is 0 Å². The van der Waals surface area contributed by atoms with E-state index in [1.165, 1.54) is 45.4 Å². The summed E-state index contributed by atoms with van der Waals surface area (Å²) in [5, 5.41) is 0. The molecule has 4 aliphatic heterocycles. The molecule has 3 heteroatoms. The van der Waals surface area contributed by atoms with Gasteiger partial charge in [0, 0.05) is 24.7 Å².